The highest BCUT2D eigenvalue weighted by Crippen LogP contribution is 2.21. The lowest BCUT2D eigenvalue weighted by Gasteiger charge is -2.31. The van der Waals surface area contributed by atoms with Gasteiger partial charge in [-0.05, 0) is 43.6 Å². The fraction of sp³-hybridized carbons (Fsp3) is 0.696. The molecule has 0 saturated carbocycles. The van der Waals surface area contributed by atoms with E-state index in [4.69, 9.17) is 0 Å². The van der Waals surface area contributed by atoms with Gasteiger partial charge < -0.3 is 5.32 Å². The summed E-state index contributed by atoms with van der Waals surface area (Å²) in [7, 11) is -3.24. The number of rotatable bonds is 12. The highest BCUT2D eigenvalue weighted by atomic mass is 32.2. The molecule has 5 nitrogen and oxygen atoms in total. The maximum atomic E-state index is 12.6. The molecule has 164 valence electrons. The zero-order valence-electron chi connectivity index (χ0n) is 18.1. The molecule has 1 atom stereocenters. The van der Waals surface area contributed by atoms with E-state index in [9.17, 15) is 13.2 Å². The summed E-state index contributed by atoms with van der Waals surface area (Å²) in [6.07, 6.45) is 7.27. The summed E-state index contributed by atoms with van der Waals surface area (Å²) in [5.74, 6) is 0.758. The predicted molar refractivity (Wildman–Crippen MR) is 119 cm³/mol. The monoisotopic (exact) mass is 422 g/mol. The van der Waals surface area contributed by atoms with E-state index in [1.165, 1.54) is 18.4 Å². The lowest BCUT2D eigenvalue weighted by Crippen LogP contribution is -2.44. The van der Waals surface area contributed by atoms with E-state index in [-0.39, 0.29) is 17.6 Å². The van der Waals surface area contributed by atoms with Crippen LogP contribution in [0.25, 0.3) is 0 Å². The summed E-state index contributed by atoms with van der Waals surface area (Å²) < 4.78 is 26.8. The van der Waals surface area contributed by atoms with E-state index in [0.717, 1.165) is 25.8 Å². The number of benzene rings is 1. The Morgan fingerprint density at radius 2 is 1.83 bits per heavy atom. The van der Waals surface area contributed by atoms with E-state index >= 15 is 0 Å². The van der Waals surface area contributed by atoms with Crippen LogP contribution < -0.4 is 5.32 Å². The Labute approximate surface area is 177 Å². The van der Waals surface area contributed by atoms with E-state index in [2.05, 4.69) is 19.2 Å². The first-order valence-corrected chi connectivity index (χ1v) is 12.9. The van der Waals surface area contributed by atoms with Crippen molar-refractivity contribution in [2.24, 2.45) is 11.8 Å². The number of piperidine rings is 1. The minimum atomic E-state index is -3.24. The largest absolute Gasteiger partial charge is 0.356 e. The van der Waals surface area contributed by atoms with Crippen LogP contribution in [0.2, 0.25) is 0 Å². The van der Waals surface area contributed by atoms with E-state index in [0.29, 0.717) is 38.3 Å². The second-order valence-electron chi connectivity index (χ2n) is 8.24. The number of hydrogen-bond acceptors (Lipinski definition) is 3. The topological polar surface area (TPSA) is 66.5 Å². The Morgan fingerprint density at radius 1 is 1.14 bits per heavy atom. The van der Waals surface area contributed by atoms with Gasteiger partial charge in [0.15, 0.2) is 0 Å². The lowest BCUT2D eigenvalue weighted by molar-refractivity contribution is -0.126. The van der Waals surface area contributed by atoms with E-state index in [1.54, 1.807) is 4.31 Å². The van der Waals surface area contributed by atoms with Crippen molar-refractivity contribution in [3.63, 3.8) is 0 Å². The molecule has 1 fully saturated rings. The van der Waals surface area contributed by atoms with Gasteiger partial charge in [-0.25, -0.2) is 12.7 Å². The molecule has 0 aliphatic carbocycles. The summed E-state index contributed by atoms with van der Waals surface area (Å²) in [4.78, 5) is 12.5. The minimum absolute atomic E-state index is 0.0607. The van der Waals surface area contributed by atoms with Gasteiger partial charge in [0.05, 0.1) is 5.75 Å². The third-order valence-electron chi connectivity index (χ3n) is 6.04. The molecule has 6 heteroatoms. The predicted octanol–water partition coefficient (Wildman–Crippen LogP) is 3.99. The normalized spacial score (nSPS) is 17.2. The van der Waals surface area contributed by atoms with Gasteiger partial charge in [-0.3, -0.25) is 4.79 Å². The molecule has 1 aromatic rings. The molecule has 1 amide bonds. The van der Waals surface area contributed by atoms with Crippen LogP contribution in [-0.4, -0.2) is 44.0 Å². The van der Waals surface area contributed by atoms with Gasteiger partial charge in [0.25, 0.3) is 0 Å². The van der Waals surface area contributed by atoms with Gasteiger partial charge in [-0.1, -0.05) is 63.4 Å². The summed E-state index contributed by atoms with van der Waals surface area (Å²) in [6, 6.07) is 9.98. The number of nitrogens with one attached hydrogen (secondary N) is 1. The SMILES string of the molecule is CCCC[C@@H](CC)CNC(=O)C1CCN(S(=O)(=O)CCCc2ccccc2)CC1. The Kier molecular flexibility index (Phi) is 10.2. The fourth-order valence-electron chi connectivity index (χ4n) is 3.96. The second-order valence-corrected chi connectivity index (χ2v) is 10.3. The number of aryl methyl sites for hydroxylation is 1. The lowest BCUT2D eigenvalue weighted by atomic mass is 9.95. The molecule has 1 aliphatic rings. The fourth-order valence-corrected chi connectivity index (χ4v) is 5.50. The number of sulfonamides is 1. The molecule has 29 heavy (non-hydrogen) atoms. The van der Waals surface area contributed by atoms with E-state index < -0.39 is 10.0 Å². The van der Waals surface area contributed by atoms with Crippen molar-refractivity contribution in [1.29, 1.82) is 0 Å². The maximum Gasteiger partial charge on any atom is 0.223 e. The Balaban J connectivity index is 1.72. The smallest absolute Gasteiger partial charge is 0.223 e. The molecular weight excluding hydrogens is 384 g/mol. The maximum absolute atomic E-state index is 12.6. The highest BCUT2D eigenvalue weighted by Gasteiger charge is 2.30. The highest BCUT2D eigenvalue weighted by molar-refractivity contribution is 7.89. The molecule has 1 aromatic carbocycles. The molecule has 0 aromatic heterocycles. The van der Waals surface area contributed by atoms with Crippen molar-refractivity contribution in [2.75, 3.05) is 25.4 Å². The molecule has 1 heterocycles. The third kappa shape index (κ3) is 8.09. The second kappa shape index (κ2) is 12.3. The Bertz CT molecular complexity index is 698. The number of carbonyl (C=O) groups excluding carboxylic acids is 1. The number of hydrogen-bond donors (Lipinski definition) is 1. The van der Waals surface area contributed by atoms with Crippen LogP contribution in [0.4, 0.5) is 0 Å². The Morgan fingerprint density at radius 3 is 2.45 bits per heavy atom. The molecule has 0 radical (unpaired) electrons. The van der Waals surface area contributed by atoms with Crippen molar-refractivity contribution in [3.8, 4) is 0 Å². The molecule has 1 saturated heterocycles. The summed E-state index contributed by atoms with van der Waals surface area (Å²) in [5.41, 5.74) is 1.17. The standard InChI is InChI=1S/C23H38N2O3S/c1-3-5-10-20(4-2)19-24-23(26)22-14-16-25(17-15-22)29(27,28)18-9-13-21-11-7-6-8-12-21/h6-8,11-12,20,22H,3-5,9-10,13-19H2,1-2H3,(H,24,26)/t20-/m1/s1. The first-order chi connectivity index (χ1) is 14.0. The first kappa shape index (κ1) is 23.9. The van der Waals surface area contributed by atoms with E-state index in [1.807, 2.05) is 30.3 Å². The average Bonchev–Trinajstić information content (AvgIpc) is 2.74. The average molecular weight is 423 g/mol. The van der Waals surface area contributed by atoms with Gasteiger partial charge in [-0.15, -0.1) is 0 Å². The molecule has 2 rings (SSSR count). The zero-order valence-corrected chi connectivity index (χ0v) is 18.9. The van der Waals surface area contributed by atoms with Crippen molar-refractivity contribution >= 4 is 15.9 Å². The summed E-state index contributed by atoms with van der Waals surface area (Å²) >= 11 is 0. The van der Waals surface area contributed by atoms with Crippen LogP contribution in [0.5, 0.6) is 0 Å². The van der Waals surface area contributed by atoms with Gasteiger partial charge in [-0.2, -0.15) is 0 Å². The van der Waals surface area contributed by atoms with Crippen molar-refractivity contribution < 1.29 is 13.2 Å². The molecule has 1 N–H and O–H groups in total. The van der Waals surface area contributed by atoms with Gasteiger partial charge in [0, 0.05) is 25.6 Å². The molecule has 0 unspecified atom stereocenters. The van der Waals surface area contributed by atoms with Gasteiger partial charge in [0.1, 0.15) is 0 Å². The summed E-state index contributed by atoms with van der Waals surface area (Å²) in [6.45, 7) is 6.02. The van der Waals surface area contributed by atoms with Crippen molar-refractivity contribution in [1.82, 2.24) is 9.62 Å². The van der Waals surface area contributed by atoms with Crippen LogP contribution in [0.3, 0.4) is 0 Å². The van der Waals surface area contributed by atoms with Crippen LogP contribution in [0.1, 0.15) is 64.4 Å². The van der Waals surface area contributed by atoms with Gasteiger partial charge in [0.2, 0.25) is 15.9 Å². The number of carbonyl (C=O) groups is 1. The number of nitrogens with zero attached hydrogens (tertiary/aromatic N) is 1. The zero-order chi connectivity index (χ0) is 21.1. The van der Waals surface area contributed by atoms with Crippen LogP contribution in [0.15, 0.2) is 30.3 Å². The molecule has 0 bridgehead atoms. The van der Waals surface area contributed by atoms with Crippen LogP contribution in [0, 0.1) is 11.8 Å². The quantitative estimate of drug-likeness (QED) is 0.554. The minimum Gasteiger partial charge on any atom is -0.356 e. The van der Waals surface area contributed by atoms with Crippen molar-refractivity contribution in [3.05, 3.63) is 35.9 Å². The van der Waals surface area contributed by atoms with Crippen LogP contribution in [-0.2, 0) is 21.2 Å². The summed E-state index contributed by atoms with van der Waals surface area (Å²) in [5, 5.41) is 3.11. The molecule has 0 spiro atoms. The Hall–Kier alpha value is -1.40. The molecule has 1 aliphatic heterocycles. The molecular formula is C23H38N2O3S. The van der Waals surface area contributed by atoms with Crippen LogP contribution >= 0.6 is 0 Å². The third-order valence-corrected chi connectivity index (χ3v) is 7.99. The number of unbranched alkanes of at least 4 members (excludes halogenated alkanes) is 1. The van der Waals surface area contributed by atoms with Gasteiger partial charge >= 0.3 is 0 Å². The van der Waals surface area contributed by atoms with Crippen molar-refractivity contribution in [2.45, 2.75) is 65.2 Å². The number of amides is 1. The first-order valence-electron chi connectivity index (χ1n) is 11.3.